The Morgan fingerprint density at radius 2 is 1.46 bits per heavy atom. The van der Waals surface area contributed by atoms with Crippen molar-refractivity contribution in [2.24, 2.45) is 0 Å². The third-order valence-corrected chi connectivity index (χ3v) is 8.39. The molecule has 2 heterocycles. The Balaban J connectivity index is 1.63. The Morgan fingerprint density at radius 1 is 0.854 bits per heavy atom. The first kappa shape index (κ1) is 36.6. The highest BCUT2D eigenvalue weighted by Crippen LogP contribution is 2.42. The van der Waals surface area contributed by atoms with Crippen LogP contribution in [0.4, 0.5) is 0 Å². The van der Waals surface area contributed by atoms with Crippen molar-refractivity contribution in [2.45, 2.75) is 90.2 Å². The van der Waals surface area contributed by atoms with Gasteiger partial charge >= 0.3 is 23.9 Å². The van der Waals surface area contributed by atoms with Crippen LogP contribution in [-0.4, -0.2) is 90.0 Å². The predicted octanol–water partition coefficient (Wildman–Crippen LogP) is 3.22. The normalized spacial score (nSPS) is 24.3. The van der Waals surface area contributed by atoms with E-state index in [2.05, 4.69) is 0 Å². The van der Waals surface area contributed by atoms with Crippen molar-refractivity contribution in [1.82, 2.24) is 4.90 Å². The molecule has 0 aliphatic carbocycles. The van der Waals surface area contributed by atoms with E-state index in [1.165, 1.54) is 12.1 Å². The molecule has 4 rings (SSSR count). The standard InChI is InChI=1S/C34H40ClNO12/c1-19(37)36-14-12-28(13-15-36)47-27-9-6-24(7-10-27)16-25-17-26(8-11-29(25)35)34(42)33(46-23(5)41)32(45-22(4)40)31(44-21(3)39)30(48-34)18-43-20(2)38/h6-11,17,28,30-33,42H,12-16,18H2,1-5H3/t30-,31-,32+,33-,34-/m1/s1. The number of ether oxygens (including phenoxy) is 6. The molecule has 0 bridgehead atoms. The molecule has 2 saturated heterocycles. The molecule has 2 fully saturated rings. The van der Waals surface area contributed by atoms with Gasteiger partial charge in [0.25, 0.3) is 0 Å². The fraction of sp³-hybridized carbons (Fsp3) is 0.500. The number of hydrogen-bond acceptors (Lipinski definition) is 12. The summed E-state index contributed by atoms with van der Waals surface area (Å²) in [5.74, 6) is -4.88. The minimum absolute atomic E-state index is 0.0000883. The lowest BCUT2D eigenvalue weighted by Crippen LogP contribution is -2.66. The highest BCUT2D eigenvalue weighted by Gasteiger charge is 2.60. The molecule has 0 unspecified atom stereocenters. The van der Waals surface area contributed by atoms with Gasteiger partial charge in [0.15, 0.2) is 12.2 Å². The molecule has 0 aromatic heterocycles. The molecule has 1 amide bonds. The third-order valence-electron chi connectivity index (χ3n) is 8.02. The van der Waals surface area contributed by atoms with Crippen LogP contribution in [0.1, 0.15) is 64.2 Å². The molecule has 14 heteroatoms. The lowest BCUT2D eigenvalue weighted by Gasteiger charge is -2.48. The number of nitrogens with zero attached hydrogens (tertiary/aromatic N) is 1. The number of hydrogen-bond donors (Lipinski definition) is 1. The number of halogens is 1. The van der Waals surface area contributed by atoms with Gasteiger partial charge in [0.1, 0.15) is 24.6 Å². The molecular weight excluding hydrogens is 650 g/mol. The van der Waals surface area contributed by atoms with Gasteiger partial charge in [0.2, 0.25) is 17.8 Å². The van der Waals surface area contributed by atoms with Crippen molar-refractivity contribution in [2.75, 3.05) is 19.7 Å². The fourth-order valence-electron chi connectivity index (χ4n) is 5.83. The Morgan fingerprint density at radius 3 is 2.02 bits per heavy atom. The molecular formula is C34H40ClNO12. The maximum atomic E-state index is 12.3. The Labute approximate surface area is 283 Å². The summed E-state index contributed by atoms with van der Waals surface area (Å²) in [7, 11) is 0. The van der Waals surface area contributed by atoms with Gasteiger partial charge in [-0.15, -0.1) is 0 Å². The van der Waals surface area contributed by atoms with Crippen LogP contribution in [0.2, 0.25) is 5.02 Å². The minimum Gasteiger partial charge on any atom is -0.490 e. The molecule has 2 aromatic rings. The van der Waals surface area contributed by atoms with Gasteiger partial charge in [0, 0.05) is 71.1 Å². The monoisotopic (exact) mass is 689 g/mol. The number of amides is 1. The van der Waals surface area contributed by atoms with Crippen LogP contribution in [0, 0.1) is 0 Å². The second-order valence-corrected chi connectivity index (χ2v) is 12.2. The van der Waals surface area contributed by atoms with E-state index >= 15 is 0 Å². The van der Waals surface area contributed by atoms with Gasteiger partial charge in [-0.05, 0) is 41.8 Å². The van der Waals surface area contributed by atoms with Crippen LogP contribution >= 0.6 is 11.6 Å². The van der Waals surface area contributed by atoms with Gasteiger partial charge in [0.05, 0.1) is 0 Å². The van der Waals surface area contributed by atoms with Crippen LogP contribution in [0.15, 0.2) is 42.5 Å². The molecule has 0 radical (unpaired) electrons. The zero-order chi connectivity index (χ0) is 35.2. The Hall–Kier alpha value is -4.20. The summed E-state index contributed by atoms with van der Waals surface area (Å²) in [6, 6.07) is 12.0. The zero-order valence-electron chi connectivity index (χ0n) is 27.4. The molecule has 260 valence electrons. The van der Waals surface area contributed by atoms with E-state index in [0.29, 0.717) is 35.8 Å². The summed E-state index contributed by atoms with van der Waals surface area (Å²) in [5.41, 5.74) is 1.51. The van der Waals surface area contributed by atoms with Gasteiger partial charge in [-0.25, -0.2) is 0 Å². The predicted molar refractivity (Wildman–Crippen MR) is 169 cm³/mol. The average Bonchev–Trinajstić information content (AvgIpc) is 3.01. The molecule has 1 N–H and O–H groups in total. The average molecular weight is 690 g/mol. The number of carbonyl (C=O) groups is 5. The number of esters is 4. The first-order valence-electron chi connectivity index (χ1n) is 15.5. The second-order valence-electron chi connectivity index (χ2n) is 11.8. The largest absolute Gasteiger partial charge is 0.490 e. The van der Waals surface area contributed by atoms with Crippen molar-refractivity contribution in [1.29, 1.82) is 0 Å². The van der Waals surface area contributed by atoms with Crippen molar-refractivity contribution in [3.8, 4) is 5.75 Å². The number of rotatable bonds is 10. The highest BCUT2D eigenvalue weighted by atomic mass is 35.5. The van der Waals surface area contributed by atoms with Gasteiger partial charge in [-0.2, -0.15) is 0 Å². The SMILES string of the molecule is CC(=O)OC[C@H]1O[C@](O)(c2ccc(Cl)c(Cc3ccc(OC4CCN(C(C)=O)CC4)cc3)c2)[C@H](OC(C)=O)[C@@H](OC(C)=O)[C@@H]1OC(C)=O. The summed E-state index contributed by atoms with van der Waals surface area (Å²) in [6.07, 6.45) is -4.25. The second kappa shape index (κ2) is 15.8. The minimum atomic E-state index is -2.48. The first-order chi connectivity index (χ1) is 22.7. The van der Waals surface area contributed by atoms with Crippen LogP contribution < -0.4 is 4.74 Å². The Kier molecular flexibility index (Phi) is 12.1. The molecule has 5 atom stereocenters. The number of carbonyl (C=O) groups excluding carboxylic acids is 5. The number of piperidine rings is 1. The lowest BCUT2D eigenvalue weighted by atomic mass is 9.86. The topological polar surface area (TPSA) is 164 Å². The van der Waals surface area contributed by atoms with Gasteiger partial charge < -0.3 is 38.4 Å². The Bertz CT molecular complexity index is 1510. The number of aliphatic hydroxyl groups is 1. The molecule has 2 aliphatic rings. The van der Waals surface area contributed by atoms with E-state index in [9.17, 15) is 29.1 Å². The van der Waals surface area contributed by atoms with Crippen molar-refractivity contribution < 1.29 is 57.5 Å². The summed E-state index contributed by atoms with van der Waals surface area (Å²) < 4.78 is 33.7. The zero-order valence-corrected chi connectivity index (χ0v) is 28.2. The smallest absolute Gasteiger partial charge is 0.303 e. The molecule has 13 nitrogen and oxygen atoms in total. The van der Waals surface area contributed by atoms with Crippen molar-refractivity contribution in [3.63, 3.8) is 0 Å². The molecule has 48 heavy (non-hydrogen) atoms. The van der Waals surface area contributed by atoms with Gasteiger partial charge in [-0.3, -0.25) is 24.0 Å². The van der Waals surface area contributed by atoms with Crippen LogP contribution in [-0.2, 0) is 59.9 Å². The summed E-state index contributed by atoms with van der Waals surface area (Å²) in [4.78, 5) is 61.7. The first-order valence-corrected chi connectivity index (χ1v) is 15.9. The summed E-state index contributed by atoms with van der Waals surface area (Å²) in [6.45, 7) is 6.82. The summed E-state index contributed by atoms with van der Waals surface area (Å²) in [5, 5.41) is 12.6. The third kappa shape index (κ3) is 9.24. The van der Waals surface area contributed by atoms with Crippen LogP contribution in [0.5, 0.6) is 5.75 Å². The van der Waals surface area contributed by atoms with Crippen LogP contribution in [0.25, 0.3) is 0 Å². The molecule has 2 aromatic carbocycles. The highest BCUT2D eigenvalue weighted by molar-refractivity contribution is 6.31. The number of benzene rings is 2. The number of likely N-dealkylation sites (tertiary alicyclic amines) is 1. The van der Waals surface area contributed by atoms with E-state index < -0.39 is 60.7 Å². The maximum Gasteiger partial charge on any atom is 0.303 e. The van der Waals surface area contributed by atoms with Crippen LogP contribution in [0.3, 0.4) is 0 Å². The van der Waals surface area contributed by atoms with Crippen molar-refractivity contribution in [3.05, 3.63) is 64.2 Å². The van der Waals surface area contributed by atoms with E-state index in [0.717, 1.165) is 46.1 Å². The molecule has 2 aliphatic heterocycles. The molecule has 0 spiro atoms. The van der Waals surface area contributed by atoms with E-state index in [4.69, 9.17) is 40.0 Å². The fourth-order valence-corrected chi connectivity index (χ4v) is 6.02. The summed E-state index contributed by atoms with van der Waals surface area (Å²) >= 11 is 6.59. The van der Waals surface area contributed by atoms with E-state index in [-0.39, 0.29) is 17.6 Å². The molecule has 0 saturated carbocycles. The maximum absolute atomic E-state index is 12.3. The quantitative estimate of drug-likeness (QED) is 0.287. The van der Waals surface area contributed by atoms with Gasteiger partial charge in [-0.1, -0.05) is 29.8 Å². The van der Waals surface area contributed by atoms with E-state index in [1.807, 2.05) is 24.3 Å². The van der Waals surface area contributed by atoms with E-state index in [1.54, 1.807) is 17.9 Å². The lowest BCUT2D eigenvalue weighted by molar-refractivity contribution is -0.360. The van der Waals surface area contributed by atoms with Crippen molar-refractivity contribution >= 4 is 41.4 Å².